The van der Waals surface area contributed by atoms with Gasteiger partial charge in [-0.1, -0.05) is 6.92 Å². The first kappa shape index (κ1) is 11.3. The maximum absolute atomic E-state index is 12.6. The molecule has 0 bridgehead atoms. The Morgan fingerprint density at radius 2 is 2.20 bits per heavy atom. The van der Waals surface area contributed by atoms with Gasteiger partial charge in [-0.3, -0.25) is 4.90 Å². The third kappa shape index (κ3) is 2.18. The van der Waals surface area contributed by atoms with Gasteiger partial charge in [-0.25, -0.2) is 4.39 Å². The van der Waals surface area contributed by atoms with Crippen LogP contribution in [0.25, 0.3) is 0 Å². The molecule has 2 fully saturated rings. The Hall–Kier alpha value is -0.150. The highest BCUT2D eigenvalue weighted by Gasteiger charge is 2.47. The zero-order valence-electron chi connectivity index (χ0n) is 9.93. The van der Waals surface area contributed by atoms with Gasteiger partial charge in [-0.15, -0.1) is 0 Å². The average Bonchev–Trinajstić information content (AvgIpc) is 3.05. The number of nitrogens with zero attached hydrogens (tertiary/aromatic N) is 1. The van der Waals surface area contributed by atoms with Crippen molar-refractivity contribution in [2.45, 2.75) is 44.7 Å². The SMILES string of the molecule is CCC1CN(CCF)C(C)(C2CC2)CN1. The zero-order chi connectivity index (χ0) is 10.9. The summed E-state index contributed by atoms with van der Waals surface area (Å²) >= 11 is 0. The van der Waals surface area contributed by atoms with Gasteiger partial charge in [-0.05, 0) is 32.1 Å². The molecule has 3 heteroatoms. The lowest BCUT2D eigenvalue weighted by molar-refractivity contribution is 0.0296. The van der Waals surface area contributed by atoms with Gasteiger partial charge in [0, 0.05) is 31.2 Å². The molecule has 2 unspecified atom stereocenters. The van der Waals surface area contributed by atoms with Crippen molar-refractivity contribution in [1.29, 1.82) is 0 Å². The van der Waals surface area contributed by atoms with Crippen molar-refractivity contribution in [3.8, 4) is 0 Å². The Morgan fingerprint density at radius 1 is 1.47 bits per heavy atom. The topological polar surface area (TPSA) is 15.3 Å². The first-order chi connectivity index (χ1) is 7.20. The van der Waals surface area contributed by atoms with Gasteiger partial charge < -0.3 is 5.32 Å². The summed E-state index contributed by atoms with van der Waals surface area (Å²) in [7, 11) is 0. The third-order valence-corrected chi connectivity index (χ3v) is 4.22. The molecule has 1 aliphatic heterocycles. The van der Waals surface area contributed by atoms with E-state index in [-0.39, 0.29) is 12.2 Å². The highest BCUT2D eigenvalue weighted by molar-refractivity contribution is 5.04. The summed E-state index contributed by atoms with van der Waals surface area (Å²) in [4.78, 5) is 2.38. The predicted octanol–water partition coefficient (Wildman–Crippen LogP) is 1.81. The van der Waals surface area contributed by atoms with Crippen LogP contribution >= 0.6 is 0 Å². The van der Waals surface area contributed by atoms with Crippen LogP contribution in [-0.2, 0) is 0 Å². The number of nitrogens with one attached hydrogen (secondary N) is 1. The molecule has 1 saturated heterocycles. The van der Waals surface area contributed by atoms with E-state index in [1.54, 1.807) is 0 Å². The summed E-state index contributed by atoms with van der Waals surface area (Å²) in [5.74, 6) is 0.800. The fourth-order valence-corrected chi connectivity index (χ4v) is 2.83. The van der Waals surface area contributed by atoms with Crippen LogP contribution < -0.4 is 5.32 Å². The van der Waals surface area contributed by atoms with Crippen LogP contribution in [0.3, 0.4) is 0 Å². The van der Waals surface area contributed by atoms with Crippen LogP contribution in [0.2, 0.25) is 0 Å². The van der Waals surface area contributed by atoms with Crippen LogP contribution in [0, 0.1) is 5.92 Å². The summed E-state index contributed by atoms with van der Waals surface area (Å²) in [6.07, 6.45) is 3.80. The fraction of sp³-hybridized carbons (Fsp3) is 1.00. The molecule has 15 heavy (non-hydrogen) atoms. The third-order valence-electron chi connectivity index (χ3n) is 4.22. The number of alkyl halides is 1. The van der Waals surface area contributed by atoms with E-state index >= 15 is 0 Å². The first-order valence-electron chi connectivity index (χ1n) is 6.25. The minimum absolute atomic E-state index is 0.210. The van der Waals surface area contributed by atoms with E-state index in [0.29, 0.717) is 12.6 Å². The maximum atomic E-state index is 12.6. The first-order valence-corrected chi connectivity index (χ1v) is 6.25. The van der Waals surface area contributed by atoms with E-state index in [1.165, 1.54) is 12.8 Å². The molecule has 2 nitrogen and oxygen atoms in total. The van der Waals surface area contributed by atoms with Crippen molar-refractivity contribution >= 4 is 0 Å². The summed E-state index contributed by atoms with van der Waals surface area (Å²) in [6, 6.07) is 0.559. The Balaban J connectivity index is 2.02. The molecule has 0 aromatic heterocycles. The molecule has 1 heterocycles. The monoisotopic (exact) mass is 214 g/mol. The van der Waals surface area contributed by atoms with Gasteiger partial charge in [0.25, 0.3) is 0 Å². The highest BCUT2D eigenvalue weighted by atomic mass is 19.1. The summed E-state index contributed by atoms with van der Waals surface area (Å²) < 4.78 is 12.6. The van der Waals surface area contributed by atoms with Crippen molar-refractivity contribution in [3.05, 3.63) is 0 Å². The number of hydrogen-bond acceptors (Lipinski definition) is 2. The molecule has 1 saturated carbocycles. The fourth-order valence-electron chi connectivity index (χ4n) is 2.83. The number of hydrogen-bond donors (Lipinski definition) is 1. The van der Waals surface area contributed by atoms with Gasteiger partial charge in [0.05, 0.1) is 0 Å². The second kappa shape index (κ2) is 4.38. The van der Waals surface area contributed by atoms with E-state index in [4.69, 9.17) is 0 Å². The molecule has 1 aliphatic carbocycles. The van der Waals surface area contributed by atoms with Crippen molar-refractivity contribution in [2.24, 2.45) is 5.92 Å². The Kier molecular flexibility index (Phi) is 3.31. The molecule has 0 spiro atoms. The standard InChI is InChI=1S/C12H23FN2/c1-3-11-8-15(7-6-13)12(2,9-14-11)10-4-5-10/h10-11,14H,3-9H2,1-2H3. The van der Waals surface area contributed by atoms with Gasteiger partial charge >= 0.3 is 0 Å². The molecule has 2 aliphatic rings. The van der Waals surface area contributed by atoms with E-state index < -0.39 is 0 Å². The highest BCUT2D eigenvalue weighted by Crippen LogP contribution is 2.43. The van der Waals surface area contributed by atoms with Crippen LogP contribution in [0.4, 0.5) is 4.39 Å². The van der Waals surface area contributed by atoms with Crippen molar-refractivity contribution in [3.63, 3.8) is 0 Å². The van der Waals surface area contributed by atoms with E-state index in [0.717, 1.165) is 25.4 Å². The second-order valence-electron chi connectivity index (χ2n) is 5.25. The minimum Gasteiger partial charge on any atom is -0.311 e. The van der Waals surface area contributed by atoms with Crippen LogP contribution in [0.15, 0.2) is 0 Å². The van der Waals surface area contributed by atoms with E-state index in [9.17, 15) is 4.39 Å². The molecule has 1 N–H and O–H groups in total. The normalized spacial score (nSPS) is 38.2. The van der Waals surface area contributed by atoms with Gasteiger partial charge in [-0.2, -0.15) is 0 Å². The Labute approximate surface area is 92.2 Å². The van der Waals surface area contributed by atoms with E-state index in [2.05, 4.69) is 24.1 Å². The van der Waals surface area contributed by atoms with Crippen LogP contribution in [0.5, 0.6) is 0 Å². The largest absolute Gasteiger partial charge is 0.311 e. The predicted molar refractivity (Wildman–Crippen MR) is 60.8 cm³/mol. The van der Waals surface area contributed by atoms with Crippen molar-refractivity contribution in [2.75, 3.05) is 26.3 Å². The molecule has 0 amide bonds. The van der Waals surface area contributed by atoms with Gasteiger partial charge in [0.15, 0.2) is 0 Å². The molecular formula is C12H23FN2. The van der Waals surface area contributed by atoms with Crippen LogP contribution in [0.1, 0.15) is 33.1 Å². The number of halogens is 1. The quantitative estimate of drug-likeness (QED) is 0.768. The zero-order valence-corrected chi connectivity index (χ0v) is 9.93. The minimum atomic E-state index is -0.210. The number of rotatable bonds is 4. The lowest BCUT2D eigenvalue weighted by Crippen LogP contribution is -2.64. The molecule has 88 valence electrons. The maximum Gasteiger partial charge on any atom is 0.102 e. The van der Waals surface area contributed by atoms with Crippen molar-refractivity contribution in [1.82, 2.24) is 10.2 Å². The van der Waals surface area contributed by atoms with Gasteiger partial charge in [0.1, 0.15) is 6.67 Å². The molecular weight excluding hydrogens is 191 g/mol. The Morgan fingerprint density at radius 3 is 2.73 bits per heavy atom. The Bertz CT molecular complexity index is 218. The molecule has 0 aromatic carbocycles. The molecule has 2 rings (SSSR count). The second-order valence-corrected chi connectivity index (χ2v) is 5.25. The average molecular weight is 214 g/mol. The van der Waals surface area contributed by atoms with Crippen molar-refractivity contribution < 1.29 is 4.39 Å². The molecule has 0 radical (unpaired) electrons. The van der Waals surface area contributed by atoms with Crippen LogP contribution in [-0.4, -0.2) is 42.8 Å². The van der Waals surface area contributed by atoms with E-state index in [1.807, 2.05) is 0 Å². The lowest BCUT2D eigenvalue weighted by Gasteiger charge is -2.48. The molecule has 0 aromatic rings. The molecule has 2 atom stereocenters. The lowest BCUT2D eigenvalue weighted by atomic mass is 9.89. The summed E-state index contributed by atoms with van der Waals surface area (Å²) in [5, 5.41) is 3.60. The summed E-state index contributed by atoms with van der Waals surface area (Å²) in [6.45, 7) is 6.97. The summed E-state index contributed by atoms with van der Waals surface area (Å²) in [5.41, 5.74) is 0.220. The number of piperazine rings is 1. The van der Waals surface area contributed by atoms with Gasteiger partial charge in [0.2, 0.25) is 0 Å². The smallest absolute Gasteiger partial charge is 0.102 e.